The Balaban J connectivity index is 2.39. The zero-order chi connectivity index (χ0) is 12.6. The molecule has 0 atom stereocenters. The molecule has 1 aliphatic carbocycles. The third-order valence-electron chi connectivity index (χ3n) is 2.63. The van der Waals surface area contributed by atoms with E-state index in [2.05, 4.69) is 15.9 Å². The third kappa shape index (κ3) is 3.36. The summed E-state index contributed by atoms with van der Waals surface area (Å²) in [6, 6.07) is 3.28. The third-order valence-corrected chi connectivity index (χ3v) is 4.41. The van der Waals surface area contributed by atoms with E-state index < -0.39 is 9.05 Å². The minimum absolute atomic E-state index is 0.0340. The molecule has 0 radical (unpaired) electrons. The van der Waals surface area contributed by atoms with Crippen molar-refractivity contribution < 1.29 is 13.2 Å². The van der Waals surface area contributed by atoms with E-state index in [1.807, 2.05) is 6.07 Å². The molecule has 2 rings (SSSR count). The number of hydrogen-bond donors (Lipinski definition) is 0. The molecular formula is C11H12BrClO3S. The smallest absolute Gasteiger partial charge is 0.265 e. The molecule has 0 N–H and O–H groups in total. The number of hydrogen-bond acceptors (Lipinski definition) is 3. The predicted molar refractivity (Wildman–Crippen MR) is 70.1 cm³/mol. The molecule has 1 aliphatic rings. The molecular weight excluding hydrogens is 328 g/mol. The lowest BCUT2D eigenvalue weighted by molar-refractivity contribution is 0.290. The van der Waals surface area contributed by atoms with Gasteiger partial charge in [0.25, 0.3) is 9.05 Å². The van der Waals surface area contributed by atoms with Crippen molar-refractivity contribution in [2.75, 3.05) is 6.61 Å². The zero-order valence-corrected chi connectivity index (χ0v) is 12.4. The Kier molecular flexibility index (Phi) is 3.71. The Morgan fingerprint density at radius 3 is 2.65 bits per heavy atom. The first kappa shape index (κ1) is 13.2. The van der Waals surface area contributed by atoms with Crippen LogP contribution < -0.4 is 4.74 Å². The van der Waals surface area contributed by atoms with Crippen molar-refractivity contribution in [1.82, 2.24) is 0 Å². The van der Waals surface area contributed by atoms with Crippen LogP contribution in [0.4, 0.5) is 0 Å². The molecule has 94 valence electrons. The monoisotopic (exact) mass is 338 g/mol. The Labute approximate surface area is 114 Å². The van der Waals surface area contributed by atoms with E-state index in [0.717, 1.165) is 18.4 Å². The second kappa shape index (κ2) is 4.78. The largest absolute Gasteiger partial charge is 0.492 e. The lowest BCUT2D eigenvalue weighted by atomic mass is 10.2. The van der Waals surface area contributed by atoms with Crippen LogP contribution in [0.2, 0.25) is 0 Å². The van der Waals surface area contributed by atoms with Crippen LogP contribution in [0.5, 0.6) is 5.75 Å². The molecule has 0 amide bonds. The highest BCUT2D eigenvalue weighted by Gasteiger charge is 2.25. The van der Waals surface area contributed by atoms with Crippen molar-refractivity contribution in [1.29, 1.82) is 0 Å². The first-order valence-corrected chi connectivity index (χ1v) is 8.36. The van der Waals surface area contributed by atoms with Gasteiger partial charge in [-0.25, -0.2) is 8.42 Å². The van der Waals surface area contributed by atoms with Gasteiger partial charge in [-0.3, -0.25) is 0 Å². The van der Waals surface area contributed by atoms with Crippen LogP contribution in [-0.4, -0.2) is 15.0 Å². The highest BCUT2D eigenvalue weighted by atomic mass is 79.9. The second-order valence-corrected chi connectivity index (χ2v) is 7.69. The molecule has 1 aromatic rings. The van der Waals surface area contributed by atoms with Crippen molar-refractivity contribution in [2.45, 2.75) is 24.7 Å². The molecule has 0 unspecified atom stereocenters. The lowest BCUT2D eigenvalue weighted by Gasteiger charge is -2.12. The molecule has 1 aromatic carbocycles. The number of ether oxygens (including phenoxy) is 1. The summed E-state index contributed by atoms with van der Waals surface area (Å²) in [6.07, 6.45) is 2.30. The van der Waals surface area contributed by atoms with Crippen molar-refractivity contribution in [3.63, 3.8) is 0 Å². The number of aryl methyl sites for hydroxylation is 1. The van der Waals surface area contributed by atoms with E-state index >= 15 is 0 Å². The molecule has 0 heterocycles. The van der Waals surface area contributed by atoms with E-state index in [0.29, 0.717) is 22.7 Å². The maximum absolute atomic E-state index is 11.5. The van der Waals surface area contributed by atoms with Crippen LogP contribution in [-0.2, 0) is 9.05 Å². The predicted octanol–water partition coefficient (Wildman–Crippen LogP) is 3.47. The zero-order valence-electron chi connectivity index (χ0n) is 9.24. The average molecular weight is 340 g/mol. The van der Waals surface area contributed by atoms with Gasteiger partial charge in [-0.2, -0.15) is 0 Å². The van der Waals surface area contributed by atoms with Crippen LogP contribution in [0.25, 0.3) is 0 Å². The van der Waals surface area contributed by atoms with Crippen LogP contribution in [0.3, 0.4) is 0 Å². The van der Waals surface area contributed by atoms with Crippen molar-refractivity contribution in [3.05, 3.63) is 22.2 Å². The maximum Gasteiger partial charge on any atom is 0.265 e. The number of rotatable bonds is 4. The van der Waals surface area contributed by atoms with Crippen molar-refractivity contribution in [3.8, 4) is 5.75 Å². The molecule has 1 fully saturated rings. The van der Waals surface area contributed by atoms with Crippen LogP contribution in [0.1, 0.15) is 18.4 Å². The lowest BCUT2D eigenvalue weighted by Crippen LogP contribution is -2.05. The van der Waals surface area contributed by atoms with Crippen LogP contribution >= 0.6 is 26.6 Å². The summed E-state index contributed by atoms with van der Waals surface area (Å²) in [6.45, 7) is 2.36. The second-order valence-electron chi connectivity index (χ2n) is 4.24. The minimum Gasteiger partial charge on any atom is -0.492 e. The van der Waals surface area contributed by atoms with Gasteiger partial charge < -0.3 is 4.74 Å². The highest BCUT2D eigenvalue weighted by molar-refractivity contribution is 9.10. The van der Waals surface area contributed by atoms with Gasteiger partial charge in [-0.05, 0) is 43.4 Å². The molecule has 0 aromatic heterocycles. The Hall–Kier alpha value is -0.260. The minimum atomic E-state index is -3.79. The summed E-state index contributed by atoms with van der Waals surface area (Å²) in [5.74, 6) is 0.930. The molecule has 0 saturated heterocycles. The van der Waals surface area contributed by atoms with E-state index in [1.165, 1.54) is 6.07 Å². The molecule has 1 saturated carbocycles. The first-order chi connectivity index (χ1) is 7.88. The fraction of sp³-hybridized carbons (Fsp3) is 0.455. The van der Waals surface area contributed by atoms with Gasteiger partial charge in [0.2, 0.25) is 0 Å². The molecule has 17 heavy (non-hydrogen) atoms. The summed E-state index contributed by atoms with van der Waals surface area (Å²) in [5.41, 5.74) is 0.763. The quantitative estimate of drug-likeness (QED) is 0.789. The van der Waals surface area contributed by atoms with Gasteiger partial charge in [-0.1, -0.05) is 15.9 Å². The average Bonchev–Trinajstić information content (AvgIpc) is 2.97. The molecule has 3 nitrogen and oxygen atoms in total. The van der Waals surface area contributed by atoms with Gasteiger partial charge in [0.05, 0.1) is 6.61 Å². The van der Waals surface area contributed by atoms with Gasteiger partial charge >= 0.3 is 0 Å². The van der Waals surface area contributed by atoms with Gasteiger partial charge in [0.15, 0.2) is 0 Å². The Bertz CT molecular complexity index is 538. The van der Waals surface area contributed by atoms with Crippen LogP contribution in [0.15, 0.2) is 21.5 Å². The number of benzene rings is 1. The standard InChI is InChI=1S/C11H12BrClO3S/c1-7-4-9(12)5-10(17(13,14)15)11(7)16-6-8-2-3-8/h4-5,8H,2-3,6H2,1H3. The topological polar surface area (TPSA) is 43.4 Å². The Morgan fingerprint density at radius 1 is 1.47 bits per heavy atom. The number of halogens is 2. The van der Waals surface area contributed by atoms with Gasteiger partial charge in [0, 0.05) is 15.2 Å². The van der Waals surface area contributed by atoms with Crippen molar-refractivity contribution in [2.24, 2.45) is 5.92 Å². The van der Waals surface area contributed by atoms with Crippen molar-refractivity contribution >= 4 is 35.7 Å². The van der Waals surface area contributed by atoms with Crippen LogP contribution in [0, 0.1) is 12.8 Å². The fourth-order valence-electron chi connectivity index (χ4n) is 1.55. The highest BCUT2D eigenvalue weighted by Crippen LogP contribution is 2.36. The van der Waals surface area contributed by atoms with E-state index in [1.54, 1.807) is 6.92 Å². The fourth-order valence-corrected chi connectivity index (χ4v) is 3.33. The summed E-state index contributed by atoms with van der Waals surface area (Å²) in [5, 5.41) is 0. The molecule has 0 aliphatic heterocycles. The maximum atomic E-state index is 11.5. The molecule has 0 bridgehead atoms. The van der Waals surface area contributed by atoms with E-state index in [-0.39, 0.29) is 4.90 Å². The van der Waals surface area contributed by atoms with E-state index in [9.17, 15) is 8.42 Å². The molecule has 6 heteroatoms. The summed E-state index contributed by atoms with van der Waals surface area (Å²) >= 11 is 3.25. The van der Waals surface area contributed by atoms with Gasteiger partial charge in [-0.15, -0.1) is 0 Å². The summed E-state index contributed by atoms with van der Waals surface area (Å²) in [7, 11) is 1.62. The molecule has 0 spiro atoms. The van der Waals surface area contributed by atoms with Gasteiger partial charge in [0.1, 0.15) is 10.6 Å². The summed E-state index contributed by atoms with van der Waals surface area (Å²) < 4.78 is 29.2. The normalized spacial score (nSPS) is 15.9. The SMILES string of the molecule is Cc1cc(Br)cc(S(=O)(=O)Cl)c1OCC1CC1. The summed E-state index contributed by atoms with van der Waals surface area (Å²) in [4.78, 5) is 0.0340. The van der Waals surface area contributed by atoms with E-state index in [4.69, 9.17) is 15.4 Å². The Morgan fingerprint density at radius 2 is 2.12 bits per heavy atom. The first-order valence-electron chi connectivity index (χ1n) is 5.25.